The molecule has 0 saturated carbocycles. The second-order valence-corrected chi connectivity index (χ2v) is 4.93. The molecule has 1 aliphatic carbocycles. The van der Waals surface area contributed by atoms with Crippen molar-refractivity contribution in [1.82, 2.24) is 4.57 Å². The van der Waals surface area contributed by atoms with Gasteiger partial charge in [0.25, 0.3) is 0 Å². The third kappa shape index (κ3) is 1.79. The molecule has 0 amide bonds. The Labute approximate surface area is 102 Å². The molecule has 1 aromatic carbocycles. The summed E-state index contributed by atoms with van der Waals surface area (Å²) in [5.41, 5.74) is 11.4. The van der Waals surface area contributed by atoms with Gasteiger partial charge in [-0.25, -0.2) is 0 Å². The molecular weight excluding hydrogens is 208 g/mol. The van der Waals surface area contributed by atoms with Crippen LogP contribution in [-0.2, 0) is 6.42 Å². The van der Waals surface area contributed by atoms with Crippen LogP contribution in [0.4, 0.5) is 0 Å². The van der Waals surface area contributed by atoms with Crippen LogP contribution in [0.3, 0.4) is 0 Å². The maximum Gasteiger partial charge on any atom is 0.0455 e. The van der Waals surface area contributed by atoms with Gasteiger partial charge in [-0.15, -0.1) is 0 Å². The largest absolute Gasteiger partial charge is 0.324 e. The zero-order valence-electron chi connectivity index (χ0n) is 10.2. The Balaban J connectivity index is 2.10. The number of benzene rings is 1. The first kappa shape index (κ1) is 10.6. The lowest BCUT2D eigenvalue weighted by Crippen LogP contribution is -2.17. The van der Waals surface area contributed by atoms with E-state index in [-0.39, 0.29) is 6.04 Å². The van der Waals surface area contributed by atoms with Gasteiger partial charge in [-0.05, 0) is 55.5 Å². The van der Waals surface area contributed by atoms with Gasteiger partial charge in [0.1, 0.15) is 0 Å². The first-order chi connectivity index (χ1) is 8.25. The van der Waals surface area contributed by atoms with Crippen molar-refractivity contribution in [2.24, 2.45) is 5.73 Å². The zero-order valence-corrected chi connectivity index (χ0v) is 10.2. The third-order valence-corrected chi connectivity index (χ3v) is 3.64. The quantitative estimate of drug-likeness (QED) is 0.795. The van der Waals surface area contributed by atoms with Gasteiger partial charge in [0.2, 0.25) is 0 Å². The van der Waals surface area contributed by atoms with Crippen molar-refractivity contribution in [1.29, 1.82) is 0 Å². The summed E-state index contributed by atoms with van der Waals surface area (Å²) in [6, 6.07) is 11.0. The Morgan fingerprint density at radius 3 is 3.00 bits per heavy atom. The van der Waals surface area contributed by atoms with Crippen LogP contribution in [0.2, 0.25) is 0 Å². The van der Waals surface area contributed by atoms with E-state index >= 15 is 0 Å². The van der Waals surface area contributed by atoms with Crippen LogP contribution in [0.25, 0.3) is 5.69 Å². The van der Waals surface area contributed by atoms with Crippen LogP contribution >= 0.6 is 0 Å². The van der Waals surface area contributed by atoms with Crippen molar-refractivity contribution in [3.63, 3.8) is 0 Å². The monoisotopic (exact) mass is 226 g/mol. The summed E-state index contributed by atoms with van der Waals surface area (Å²) in [4.78, 5) is 0. The summed E-state index contributed by atoms with van der Waals surface area (Å²) in [7, 11) is 0. The van der Waals surface area contributed by atoms with Crippen molar-refractivity contribution in [2.45, 2.75) is 32.2 Å². The lowest BCUT2D eigenvalue weighted by Gasteiger charge is -2.21. The van der Waals surface area contributed by atoms with Crippen LogP contribution < -0.4 is 5.73 Å². The third-order valence-electron chi connectivity index (χ3n) is 3.64. The van der Waals surface area contributed by atoms with Crippen LogP contribution in [-0.4, -0.2) is 4.57 Å². The maximum absolute atomic E-state index is 6.15. The van der Waals surface area contributed by atoms with E-state index in [4.69, 9.17) is 5.73 Å². The molecule has 0 aliphatic heterocycles. The Bertz CT molecular complexity index is 540. The molecule has 1 aromatic heterocycles. The van der Waals surface area contributed by atoms with Crippen molar-refractivity contribution in [2.75, 3.05) is 0 Å². The van der Waals surface area contributed by atoms with E-state index in [1.807, 2.05) is 0 Å². The Hall–Kier alpha value is -1.54. The van der Waals surface area contributed by atoms with E-state index in [9.17, 15) is 0 Å². The summed E-state index contributed by atoms with van der Waals surface area (Å²) in [5.74, 6) is 0. The van der Waals surface area contributed by atoms with E-state index in [1.54, 1.807) is 0 Å². The van der Waals surface area contributed by atoms with Gasteiger partial charge in [0.15, 0.2) is 0 Å². The summed E-state index contributed by atoms with van der Waals surface area (Å²) in [5, 5.41) is 0. The van der Waals surface area contributed by atoms with E-state index in [0.717, 1.165) is 12.8 Å². The van der Waals surface area contributed by atoms with Gasteiger partial charge in [-0.3, -0.25) is 0 Å². The molecule has 1 unspecified atom stereocenters. The van der Waals surface area contributed by atoms with Gasteiger partial charge in [0.05, 0.1) is 0 Å². The van der Waals surface area contributed by atoms with Crippen molar-refractivity contribution >= 4 is 0 Å². The molecule has 0 radical (unpaired) electrons. The van der Waals surface area contributed by atoms with E-state index in [2.05, 4.69) is 48.0 Å². The molecule has 0 spiro atoms. The Morgan fingerprint density at radius 2 is 2.18 bits per heavy atom. The summed E-state index contributed by atoms with van der Waals surface area (Å²) in [6.45, 7) is 2.13. The van der Waals surface area contributed by atoms with Gasteiger partial charge in [-0.2, -0.15) is 0 Å². The molecule has 0 saturated heterocycles. The SMILES string of the molecule is Cc1cccc(-n2ccc3c2CCCC3N)c1. The first-order valence-electron chi connectivity index (χ1n) is 6.28. The molecular formula is C15H18N2. The van der Waals surface area contributed by atoms with Crippen molar-refractivity contribution in [3.05, 3.63) is 53.3 Å². The molecule has 3 rings (SSSR count). The number of fused-ring (bicyclic) bond motifs is 1. The normalized spacial score (nSPS) is 19.1. The molecule has 0 fully saturated rings. The average molecular weight is 226 g/mol. The molecule has 2 nitrogen and oxygen atoms in total. The van der Waals surface area contributed by atoms with Gasteiger partial charge >= 0.3 is 0 Å². The van der Waals surface area contributed by atoms with Gasteiger partial charge < -0.3 is 10.3 Å². The van der Waals surface area contributed by atoms with Crippen molar-refractivity contribution in [3.8, 4) is 5.69 Å². The highest BCUT2D eigenvalue weighted by Crippen LogP contribution is 2.30. The molecule has 1 aliphatic rings. The number of rotatable bonds is 1. The van der Waals surface area contributed by atoms with Crippen LogP contribution in [0, 0.1) is 6.92 Å². The Kier molecular flexibility index (Phi) is 2.52. The predicted octanol–water partition coefficient (Wildman–Crippen LogP) is 3.12. The lowest BCUT2D eigenvalue weighted by atomic mass is 9.93. The maximum atomic E-state index is 6.15. The number of hydrogen-bond acceptors (Lipinski definition) is 1. The van der Waals surface area contributed by atoms with Gasteiger partial charge in [0, 0.05) is 23.6 Å². The van der Waals surface area contributed by atoms with Gasteiger partial charge in [-0.1, -0.05) is 12.1 Å². The number of hydrogen-bond donors (Lipinski definition) is 1. The average Bonchev–Trinajstić information content (AvgIpc) is 2.74. The van der Waals surface area contributed by atoms with Crippen molar-refractivity contribution < 1.29 is 0 Å². The first-order valence-corrected chi connectivity index (χ1v) is 6.28. The van der Waals surface area contributed by atoms with Crippen LogP contribution in [0.15, 0.2) is 36.5 Å². The lowest BCUT2D eigenvalue weighted by molar-refractivity contribution is 0.560. The fourth-order valence-corrected chi connectivity index (χ4v) is 2.75. The Morgan fingerprint density at radius 1 is 1.29 bits per heavy atom. The molecule has 1 atom stereocenters. The van der Waals surface area contributed by atoms with E-state index in [0.29, 0.717) is 0 Å². The number of nitrogens with two attached hydrogens (primary N) is 1. The molecule has 17 heavy (non-hydrogen) atoms. The standard InChI is InChI=1S/C15H18N2/c1-11-4-2-5-12(10-11)17-9-8-13-14(16)6-3-7-15(13)17/h2,4-5,8-10,14H,3,6-7,16H2,1H3. The topological polar surface area (TPSA) is 30.9 Å². The van der Waals surface area contributed by atoms with E-state index in [1.165, 1.54) is 28.9 Å². The highest BCUT2D eigenvalue weighted by atomic mass is 15.0. The molecule has 2 heteroatoms. The van der Waals surface area contributed by atoms with Crippen LogP contribution in [0.5, 0.6) is 0 Å². The van der Waals surface area contributed by atoms with E-state index < -0.39 is 0 Å². The summed E-state index contributed by atoms with van der Waals surface area (Å²) >= 11 is 0. The molecule has 88 valence electrons. The number of nitrogens with zero attached hydrogens (tertiary/aromatic N) is 1. The zero-order chi connectivity index (χ0) is 11.8. The molecule has 1 heterocycles. The highest BCUT2D eigenvalue weighted by Gasteiger charge is 2.20. The fourth-order valence-electron chi connectivity index (χ4n) is 2.75. The second-order valence-electron chi connectivity index (χ2n) is 4.93. The minimum Gasteiger partial charge on any atom is -0.324 e. The molecule has 2 aromatic rings. The summed E-state index contributed by atoms with van der Waals surface area (Å²) < 4.78 is 2.29. The summed E-state index contributed by atoms with van der Waals surface area (Å²) in [6.07, 6.45) is 5.61. The minimum atomic E-state index is 0.227. The predicted molar refractivity (Wildman–Crippen MR) is 70.4 cm³/mol. The smallest absolute Gasteiger partial charge is 0.0455 e. The number of aromatic nitrogens is 1. The second kappa shape index (κ2) is 4.04. The fraction of sp³-hybridized carbons (Fsp3) is 0.333. The van der Waals surface area contributed by atoms with Crippen LogP contribution in [0.1, 0.15) is 35.7 Å². The molecule has 2 N–H and O–H groups in total. The molecule has 0 bridgehead atoms. The number of aryl methyl sites for hydroxylation is 1. The minimum absolute atomic E-state index is 0.227. The highest BCUT2D eigenvalue weighted by molar-refractivity contribution is 5.41.